The van der Waals surface area contributed by atoms with Crippen molar-refractivity contribution in [1.29, 1.82) is 0 Å². The Labute approximate surface area is 78.1 Å². The van der Waals surface area contributed by atoms with Crippen molar-refractivity contribution in [3.8, 4) is 0 Å². The van der Waals surface area contributed by atoms with Gasteiger partial charge in [0.2, 0.25) is 0 Å². The largest absolute Gasteiger partial charge is 0.283 e. The molecule has 0 unspecified atom stereocenters. The molecule has 0 aromatic carbocycles. The quantitative estimate of drug-likeness (QED) is 0.516. The van der Waals surface area contributed by atoms with E-state index in [-0.39, 0.29) is 10.7 Å². The van der Waals surface area contributed by atoms with Crippen LogP contribution < -0.4 is 0 Å². The molecule has 0 fully saturated rings. The number of hydrogen-bond acceptors (Lipinski definition) is 1. The summed E-state index contributed by atoms with van der Waals surface area (Å²) in [5.41, 5.74) is 0.0841. The summed E-state index contributed by atoms with van der Waals surface area (Å²) < 4.78 is 10.3. The fourth-order valence-electron chi connectivity index (χ4n) is 0.579. The predicted octanol–water partition coefficient (Wildman–Crippen LogP) is 3.29. The molecule has 1 aromatic rings. The second-order valence-corrected chi connectivity index (χ2v) is 3.49. The van der Waals surface area contributed by atoms with Gasteiger partial charge >= 0.3 is 0 Å². The van der Waals surface area contributed by atoms with Gasteiger partial charge in [0.25, 0.3) is 4.59 Å². The molecule has 1 rings (SSSR count). The van der Waals surface area contributed by atoms with Crippen molar-refractivity contribution in [1.82, 2.24) is 4.98 Å². The second kappa shape index (κ2) is 3.13. The van der Waals surface area contributed by atoms with Gasteiger partial charge in [-0.05, 0) is 12.1 Å². The predicted molar refractivity (Wildman–Crippen MR) is 43.7 cm³/mol. The Morgan fingerprint density at radius 1 is 1.45 bits per heavy atom. The fraction of sp³-hybridized carbons (Fsp3) is 0.167. The van der Waals surface area contributed by atoms with Crippen molar-refractivity contribution in [3.63, 3.8) is 0 Å². The minimum atomic E-state index is -2.40. The molecule has 0 bridgehead atoms. The fourth-order valence-corrected chi connectivity index (χ4v) is 0.988. The average Bonchev–Trinajstić information content (AvgIpc) is 1.86. The number of pyridine rings is 1. The summed E-state index contributed by atoms with van der Waals surface area (Å²) in [4.78, 5) is 3.63. The Morgan fingerprint density at radius 3 is 2.45 bits per heavy atom. The minimum Gasteiger partial charge on any atom is -0.245 e. The van der Waals surface area contributed by atoms with Crippen LogP contribution in [0.4, 0.5) is 4.39 Å². The zero-order valence-corrected chi connectivity index (χ0v) is 7.46. The van der Waals surface area contributed by atoms with Gasteiger partial charge in [0.05, 0.1) is 0 Å². The van der Waals surface area contributed by atoms with Crippen LogP contribution in [0, 0.1) is 0 Å². The summed E-state index contributed by atoms with van der Waals surface area (Å²) in [6.45, 7) is 0. The van der Waals surface area contributed by atoms with Gasteiger partial charge in [-0.3, -0.25) is 0 Å². The van der Waals surface area contributed by atoms with Crippen LogP contribution in [0.2, 0.25) is 5.15 Å². The van der Waals surface area contributed by atoms with E-state index in [9.17, 15) is 4.39 Å². The van der Waals surface area contributed by atoms with E-state index in [1.54, 1.807) is 0 Å². The van der Waals surface area contributed by atoms with Gasteiger partial charge in [-0.25, -0.2) is 9.37 Å². The van der Waals surface area contributed by atoms with Gasteiger partial charge < -0.3 is 0 Å². The third kappa shape index (κ3) is 2.47. The lowest BCUT2D eigenvalue weighted by molar-refractivity contribution is 0.405. The van der Waals surface area contributed by atoms with Crippen molar-refractivity contribution < 1.29 is 4.39 Å². The topological polar surface area (TPSA) is 12.9 Å². The van der Waals surface area contributed by atoms with Crippen LogP contribution in [0.3, 0.4) is 0 Å². The Bertz CT molecular complexity index is 258. The molecule has 1 nitrogen and oxygen atoms in total. The van der Waals surface area contributed by atoms with Crippen molar-refractivity contribution in [2.45, 2.75) is 4.59 Å². The molecule has 0 amide bonds. The molecule has 0 spiro atoms. The maximum Gasteiger partial charge on any atom is 0.283 e. The Hall–Kier alpha value is -0.0500. The van der Waals surface area contributed by atoms with E-state index < -0.39 is 4.59 Å². The third-order valence-corrected chi connectivity index (χ3v) is 1.70. The molecule has 60 valence electrons. The molecule has 0 saturated carbocycles. The normalized spacial score (nSPS) is 11.6. The lowest BCUT2D eigenvalue weighted by Gasteiger charge is -2.08. The molecule has 1 aromatic heterocycles. The molecule has 0 atom stereocenters. The molecule has 0 aliphatic rings. The summed E-state index contributed by atoms with van der Waals surface area (Å²) in [5, 5.41) is 0.158. The van der Waals surface area contributed by atoms with Crippen LogP contribution >= 0.6 is 34.8 Å². The van der Waals surface area contributed by atoms with Crippen molar-refractivity contribution in [3.05, 3.63) is 29.0 Å². The molecule has 0 radical (unpaired) electrons. The second-order valence-electron chi connectivity index (χ2n) is 1.86. The summed E-state index contributed by atoms with van der Waals surface area (Å²) >= 11 is 15.7. The van der Waals surface area contributed by atoms with E-state index in [1.807, 2.05) is 0 Å². The summed E-state index contributed by atoms with van der Waals surface area (Å²) in [5.74, 6) is 0. The van der Waals surface area contributed by atoms with Crippen molar-refractivity contribution in [2.24, 2.45) is 0 Å². The summed E-state index contributed by atoms with van der Waals surface area (Å²) in [6.07, 6.45) is 1.33. The van der Waals surface area contributed by atoms with E-state index in [2.05, 4.69) is 4.98 Å². The zero-order valence-electron chi connectivity index (χ0n) is 5.19. The molecule has 11 heavy (non-hydrogen) atoms. The first kappa shape index (κ1) is 9.04. The highest BCUT2D eigenvalue weighted by molar-refractivity contribution is 6.46. The van der Waals surface area contributed by atoms with E-state index in [1.165, 1.54) is 18.3 Å². The molecule has 0 aliphatic heterocycles. The third-order valence-electron chi connectivity index (χ3n) is 1.05. The number of rotatable bonds is 1. The van der Waals surface area contributed by atoms with Crippen LogP contribution in [-0.4, -0.2) is 4.98 Å². The SMILES string of the molecule is FC(Cl)(Cl)c1ccnc(Cl)c1. The van der Waals surface area contributed by atoms with E-state index in [0.717, 1.165) is 0 Å². The molecule has 0 saturated heterocycles. The Balaban J connectivity index is 3.06. The van der Waals surface area contributed by atoms with Crippen LogP contribution in [0.5, 0.6) is 0 Å². The van der Waals surface area contributed by atoms with Gasteiger partial charge in [-0.1, -0.05) is 34.8 Å². The maximum absolute atomic E-state index is 12.7. The molecule has 5 heteroatoms. The smallest absolute Gasteiger partial charge is 0.245 e. The Morgan fingerprint density at radius 2 is 2.09 bits per heavy atom. The van der Waals surface area contributed by atoms with Gasteiger partial charge in [0, 0.05) is 11.8 Å². The molecule has 0 aliphatic carbocycles. The Kier molecular flexibility index (Phi) is 2.58. The van der Waals surface area contributed by atoms with E-state index >= 15 is 0 Å². The monoisotopic (exact) mass is 213 g/mol. The lowest BCUT2D eigenvalue weighted by Crippen LogP contribution is -2.01. The molecular formula is C6H3Cl3FN. The van der Waals surface area contributed by atoms with Crippen molar-refractivity contribution >= 4 is 34.8 Å². The highest BCUT2D eigenvalue weighted by atomic mass is 35.5. The number of aromatic nitrogens is 1. The highest BCUT2D eigenvalue weighted by Gasteiger charge is 2.25. The minimum absolute atomic E-state index is 0.0841. The van der Waals surface area contributed by atoms with Gasteiger partial charge in [-0.2, -0.15) is 0 Å². The first-order chi connectivity index (χ1) is 5.00. The molecule has 1 heterocycles. The average molecular weight is 214 g/mol. The number of alkyl halides is 3. The number of nitrogens with zero attached hydrogens (tertiary/aromatic N) is 1. The number of halogens is 4. The molecule has 0 N–H and O–H groups in total. The summed E-state index contributed by atoms with van der Waals surface area (Å²) in [7, 11) is 0. The van der Waals surface area contributed by atoms with Gasteiger partial charge in [0.1, 0.15) is 5.15 Å². The lowest BCUT2D eigenvalue weighted by atomic mass is 10.3. The summed E-state index contributed by atoms with van der Waals surface area (Å²) in [6, 6.07) is 2.62. The molecular weight excluding hydrogens is 211 g/mol. The van der Waals surface area contributed by atoms with E-state index in [4.69, 9.17) is 34.8 Å². The van der Waals surface area contributed by atoms with Crippen molar-refractivity contribution in [2.75, 3.05) is 0 Å². The van der Waals surface area contributed by atoms with Gasteiger partial charge in [-0.15, -0.1) is 0 Å². The van der Waals surface area contributed by atoms with E-state index in [0.29, 0.717) is 0 Å². The highest BCUT2D eigenvalue weighted by Crippen LogP contribution is 2.35. The number of hydrogen-bond donors (Lipinski definition) is 0. The first-order valence-electron chi connectivity index (χ1n) is 2.69. The van der Waals surface area contributed by atoms with Crippen LogP contribution in [0.1, 0.15) is 5.56 Å². The van der Waals surface area contributed by atoms with Crippen LogP contribution in [-0.2, 0) is 4.59 Å². The van der Waals surface area contributed by atoms with Gasteiger partial charge in [0.15, 0.2) is 0 Å². The first-order valence-corrected chi connectivity index (χ1v) is 3.82. The zero-order chi connectivity index (χ0) is 8.48. The maximum atomic E-state index is 12.7. The van der Waals surface area contributed by atoms with Crippen LogP contribution in [0.15, 0.2) is 18.3 Å². The van der Waals surface area contributed by atoms with Crippen LogP contribution in [0.25, 0.3) is 0 Å². The standard InChI is InChI=1S/C6H3Cl3FN/c7-5-3-4(1-2-11-5)6(8,9)10/h1-3H.